The molecule has 1 fully saturated rings. The van der Waals surface area contributed by atoms with Gasteiger partial charge in [-0.25, -0.2) is 0 Å². The average molecular weight is 328 g/mol. The van der Waals surface area contributed by atoms with Gasteiger partial charge in [0.2, 0.25) is 0 Å². The molecule has 0 heterocycles. The highest BCUT2D eigenvalue weighted by Gasteiger charge is 2.36. The van der Waals surface area contributed by atoms with Crippen molar-refractivity contribution < 1.29 is 9.84 Å². The highest BCUT2D eigenvalue weighted by Crippen LogP contribution is 2.48. The summed E-state index contributed by atoms with van der Waals surface area (Å²) in [4.78, 5) is 0. The number of aromatic hydroxyl groups is 1. The molecule has 0 unspecified atom stereocenters. The molecule has 4 heteroatoms. The van der Waals surface area contributed by atoms with Gasteiger partial charge in [0.25, 0.3) is 0 Å². The third-order valence-corrected chi connectivity index (χ3v) is 5.09. The van der Waals surface area contributed by atoms with Crippen molar-refractivity contribution in [2.24, 2.45) is 5.73 Å². The van der Waals surface area contributed by atoms with Crippen LogP contribution in [0, 0.1) is 6.92 Å². The van der Waals surface area contributed by atoms with Crippen LogP contribution < -0.4 is 10.5 Å². The second kappa shape index (κ2) is 5.71. The quantitative estimate of drug-likeness (QED) is 0.891. The van der Waals surface area contributed by atoms with Crippen molar-refractivity contribution in [1.29, 1.82) is 0 Å². The number of phenolic OH excluding ortho intramolecular Hbond substituents is 1. The largest absolute Gasteiger partial charge is 0.504 e. The summed E-state index contributed by atoms with van der Waals surface area (Å²) in [5, 5.41) is 9.97. The summed E-state index contributed by atoms with van der Waals surface area (Å²) in [6, 6.07) is 1.78. The summed E-state index contributed by atoms with van der Waals surface area (Å²) in [6.07, 6.45) is 5.93. The summed E-state index contributed by atoms with van der Waals surface area (Å²) in [5.41, 5.74) is 8.42. The molecule has 106 valence electrons. The van der Waals surface area contributed by atoms with Gasteiger partial charge in [0, 0.05) is 12.0 Å². The highest BCUT2D eigenvalue weighted by atomic mass is 79.9. The van der Waals surface area contributed by atoms with Crippen molar-refractivity contribution in [2.45, 2.75) is 44.4 Å². The van der Waals surface area contributed by atoms with Gasteiger partial charge in [0.1, 0.15) is 0 Å². The molecule has 3 nitrogen and oxygen atoms in total. The van der Waals surface area contributed by atoms with Crippen molar-refractivity contribution in [3.63, 3.8) is 0 Å². The fourth-order valence-electron chi connectivity index (χ4n) is 3.37. The van der Waals surface area contributed by atoms with E-state index in [9.17, 15) is 5.11 Å². The van der Waals surface area contributed by atoms with E-state index in [1.807, 2.05) is 6.92 Å². The molecule has 1 aliphatic rings. The number of halogens is 1. The molecule has 2 rings (SSSR count). The minimum Gasteiger partial charge on any atom is -0.504 e. The van der Waals surface area contributed by atoms with Gasteiger partial charge in [0.15, 0.2) is 11.5 Å². The molecule has 0 aromatic heterocycles. The first-order valence-corrected chi connectivity index (χ1v) is 7.61. The van der Waals surface area contributed by atoms with Gasteiger partial charge in [-0.05, 0) is 52.9 Å². The number of phenols is 1. The molecule has 1 aromatic carbocycles. The molecule has 0 spiro atoms. The maximum absolute atomic E-state index is 9.97. The Balaban J connectivity index is 2.59. The number of hydrogen-bond donors (Lipinski definition) is 2. The fourth-order valence-corrected chi connectivity index (χ4v) is 4.47. The van der Waals surface area contributed by atoms with E-state index in [0.717, 1.165) is 22.9 Å². The predicted molar refractivity (Wildman–Crippen MR) is 80.9 cm³/mol. The number of methoxy groups -OCH3 is 1. The number of nitrogens with two attached hydrogens (primary N) is 1. The summed E-state index contributed by atoms with van der Waals surface area (Å²) >= 11 is 3.61. The van der Waals surface area contributed by atoms with E-state index in [1.54, 1.807) is 13.2 Å². The third-order valence-electron chi connectivity index (χ3n) is 4.33. The highest BCUT2D eigenvalue weighted by molar-refractivity contribution is 9.10. The van der Waals surface area contributed by atoms with E-state index < -0.39 is 0 Å². The second-order valence-corrected chi connectivity index (χ2v) is 6.27. The molecule has 1 saturated carbocycles. The standard InChI is InChI=1S/C15H22BrNO2/c1-10-8-11(18)14(19-2)13(16)12(10)15(9-17)6-4-3-5-7-15/h8,18H,3-7,9,17H2,1-2H3. The Hall–Kier alpha value is -0.740. The number of rotatable bonds is 3. The number of ether oxygens (including phenoxy) is 1. The van der Waals surface area contributed by atoms with E-state index in [2.05, 4.69) is 15.9 Å². The molecule has 0 amide bonds. The first kappa shape index (κ1) is 14.7. The minimum atomic E-state index is 0.0160. The normalized spacial score (nSPS) is 18.3. The number of aryl methyl sites for hydroxylation is 1. The minimum absolute atomic E-state index is 0.0160. The Morgan fingerprint density at radius 3 is 2.53 bits per heavy atom. The van der Waals surface area contributed by atoms with Gasteiger partial charge >= 0.3 is 0 Å². The zero-order valence-corrected chi connectivity index (χ0v) is 13.2. The lowest BCUT2D eigenvalue weighted by atomic mass is 9.68. The maximum Gasteiger partial charge on any atom is 0.174 e. The van der Waals surface area contributed by atoms with Crippen molar-refractivity contribution in [1.82, 2.24) is 0 Å². The topological polar surface area (TPSA) is 55.5 Å². The molecule has 3 N–H and O–H groups in total. The van der Waals surface area contributed by atoms with Crippen molar-refractivity contribution in [2.75, 3.05) is 13.7 Å². The van der Waals surface area contributed by atoms with Gasteiger partial charge < -0.3 is 15.6 Å². The zero-order chi connectivity index (χ0) is 14.0. The molecule has 1 aliphatic carbocycles. The lowest BCUT2D eigenvalue weighted by Gasteiger charge is -2.39. The van der Waals surface area contributed by atoms with Crippen LogP contribution in [0.15, 0.2) is 10.5 Å². The second-order valence-electron chi connectivity index (χ2n) is 5.48. The van der Waals surface area contributed by atoms with Crippen LogP contribution in [0.2, 0.25) is 0 Å². The van der Waals surface area contributed by atoms with Crippen LogP contribution in [-0.2, 0) is 5.41 Å². The molecular weight excluding hydrogens is 306 g/mol. The first-order chi connectivity index (χ1) is 9.05. The molecule has 1 aromatic rings. The van der Waals surface area contributed by atoms with Crippen LogP contribution >= 0.6 is 15.9 Å². The smallest absolute Gasteiger partial charge is 0.174 e. The zero-order valence-electron chi connectivity index (χ0n) is 11.6. The van der Waals surface area contributed by atoms with Crippen LogP contribution in [0.25, 0.3) is 0 Å². The molecular formula is C15H22BrNO2. The number of benzene rings is 1. The summed E-state index contributed by atoms with van der Waals surface area (Å²) in [5.74, 6) is 0.692. The Bertz CT molecular complexity index is 468. The van der Waals surface area contributed by atoms with Gasteiger partial charge in [-0.3, -0.25) is 0 Å². The average Bonchev–Trinajstić information content (AvgIpc) is 2.39. The Labute approximate surface area is 123 Å². The fraction of sp³-hybridized carbons (Fsp3) is 0.600. The summed E-state index contributed by atoms with van der Waals surface area (Å²) in [6.45, 7) is 2.67. The lowest BCUT2D eigenvalue weighted by Crippen LogP contribution is -2.38. The summed E-state index contributed by atoms with van der Waals surface area (Å²) < 4.78 is 6.18. The van der Waals surface area contributed by atoms with E-state index >= 15 is 0 Å². The first-order valence-electron chi connectivity index (χ1n) is 6.82. The molecule has 0 saturated heterocycles. The van der Waals surface area contributed by atoms with Gasteiger partial charge in [-0.15, -0.1) is 0 Å². The van der Waals surface area contributed by atoms with E-state index in [4.69, 9.17) is 10.5 Å². The Morgan fingerprint density at radius 2 is 2.00 bits per heavy atom. The lowest BCUT2D eigenvalue weighted by molar-refractivity contribution is 0.295. The van der Waals surface area contributed by atoms with Gasteiger partial charge in [-0.2, -0.15) is 0 Å². The Kier molecular flexibility index (Phi) is 4.41. The molecule has 19 heavy (non-hydrogen) atoms. The summed E-state index contributed by atoms with van der Waals surface area (Å²) in [7, 11) is 1.58. The monoisotopic (exact) mass is 327 g/mol. The Morgan fingerprint density at radius 1 is 1.37 bits per heavy atom. The van der Waals surface area contributed by atoms with E-state index in [1.165, 1.54) is 24.8 Å². The predicted octanol–water partition coefficient (Wildman–Crippen LogP) is 3.63. The van der Waals surface area contributed by atoms with Gasteiger partial charge in [0.05, 0.1) is 11.6 Å². The van der Waals surface area contributed by atoms with Crippen molar-refractivity contribution in [3.05, 3.63) is 21.7 Å². The molecule has 0 bridgehead atoms. The van der Waals surface area contributed by atoms with Crippen LogP contribution in [0.3, 0.4) is 0 Å². The third kappa shape index (κ3) is 2.48. The van der Waals surface area contributed by atoms with Crippen LogP contribution in [0.1, 0.15) is 43.2 Å². The van der Waals surface area contributed by atoms with Gasteiger partial charge in [-0.1, -0.05) is 19.3 Å². The molecule has 0 aliphatic heterocycles. The van der Waals surface area contributed by atoms with Crippen LogP contribution in [0.5, 0.6) is 11.5 Å². The van der Waals surface area contributed by atoms with E-state index in [-0.39, 0.29) is 11.2 Å². The molecule has 0 atom stereocenters. The number of hydrogen-bond acceptors (Lipinski definition) is 3. The van der Waals surface area contributed by atoms with Crippen molar-refractivity contribution >= 4 is 15.9 Å². The SMILES string of the molecule is COc1c(O)cc(C)c(C2(CN)CCCCC2)c1Br. The van der Waals surface area contributed by atoms with Crippen LogP contribution in [0.4, 0.5) is 0 Å². The van der Waals surface area contributed by atoms with Crippen molar-refractivity contribution in [3.8, 4) is 11.5 Å². The molecule has 0 radical (unpaired) electrons. The van der Waals surface area contributed by atoms with Crippen LogP contribution in [-0.4, -0.2) is 18.8 Å². The maximum atomic E-state index is 9.97. The van der Waals surface area contributed by atoms with E-state index in [0.29, 0.717) is 12.3 Å².